The van der Waals surface area contributed by atoms with Crippen molar-refractivity contribution in [1.29, 1.82) is 0 Å². The van der Waals surface area contributed by atoms with Crippen LogP contribution in [0.15, 0.2) is 40.6 Å². The zero-order chi connectivity index (χ0) is 16.6. The number of allylic oxidation sites excluding steroid dienone is 2. The lowest BCUT2D eigenvalue weighted by Crippen LogP contribution is -2.24. The van der Waals surface area contributed by atoms with Gasteiger partial charge in [0.2, 0.25) is 5.89 Å². The highest BCUT2D eigenvalue weighted by molar-refractivity contribution is 6.16. The van der Waals surface area contributed by atoms with Crippen LogP contribution in [0.1, 0.15) is 31.1 Å². The molecule has 0 amide bonds. The molecular weight excluding hydrogens is 314 g/mol. The average Bonchev–Trinajstić information content (AvgIpc) is 3.05. The van der Waals surface area contributed by atoms with Crippen molar-refractivity contribution in [3.05, 3.63) is 53.3 Å². The first-order valence-electron chi connectivity index (χ1n) is 7.39. The maximum Gasteiger partial charge on any atom is 0.241 e. The molecule has 0 saturated heterocycles. The summed E-state index contributed by atoms with van der Waals surface area (Å²) >= 11 is 5.62. The number of para-hydroxylation sites is 1. The van der Waals surface area contributed by atoms with Crippen LogP contribution in [0.4, 0.5) is 5.69 Å². The van der Waals surface area contributed by atoms with Crippen LogP contribution in [0.2, 0.25) is 0 Å². The summed E-state index contributed by atoms with van der Waals surface area (Å²) in [6.45, 7) is 4.24. The van der Waals surface area contributed by atoms with E-state index >= 15 is 0 Å². The van der Waals surface area contributed by atoms with E-state index in [9.17, 15) is 4.79 Å². The van der Waals surface area contributed by atoms with Crippen LogP contribution in [0.3, 0.4) is 0 Å². The molecule has 0 aliphatic carbocycles. The summed E-state index contributed by atoms with van der Waals surface area (Å²) in [6, 6.07) is 8.19. The first kappa shape index (κ1) is 15.7. The molecule has 6 heteroatoms. The molecule has 0 atom stereocenters. The van der Waals surface area contributed by atoms with Gasteiger partial charge in [-0.1, -0.05) is 37.2 Å². The monoisotopic (exact) mass is 331 g/mol. The Morgan fingerprint density at radius 3 is 2.78 bits per heavy atom. The van der Waals surface area contributed by atoms with Crippen LogP contribution in [0, 0.1) is 0 Å². The first-order chi connectivity index (χ1) is 10.9. The molecule has 1 aromatic carbocycles. The topological polar surface area (TPSA) is 59.2 Å². The molecule has 2 aromatic rings. The Labute approximate surface area is 139 Å². The van der Waals surface area contributed by atoms with E-state index in [1.54, 1.807) is 6.08 Å². The van der Waals surface area contributed by atoms with Crippen LogP contribution in [0.25, 0.3) is 0 Å². The Bertz CT molecular complexity index is 780. The highest BCUT2D eigenvalue weighted by atomic mass is 35.5. The van der Waals surface area contributed by atoms with Crippen LogP contribution in [-0.2, 0) is 22.5 Å². The number of halogens is 1. The molecular formula is C17H18ClN3O2. The summed E-state index contributed by atoms with van der Waals surface area (Å²) in [5.74, 6) is 0.772. The maximum atomic E-state index is 12.4. The largest absolute Gasteiger partial charge is 0.347 e. The number of likely N-dealkylation sites (N-methyl/N-ethyl adjacent to an activating group) is 1. The van der Waals surface area contributed by atoms with Crippen LogP contribution < -0.4 is 4.90 Å². The fraction of sp³-hybridized carbons (Fsp3) is 0.353. The fourth-order valence-corrected chi connectivity index (χ4v) is 3.14. The number of aromatic nitrogens is 2. The molecule has 0 N–H and O–H groups in total. The Balaban J connectivity index is 1.86. The van der Waals surface area contributed by atoms with Crippen LogP contribution in [-0.4, -0.2) is 23.0 Å². The molecule has 0 bridgehead atoms. The van der Waals surface area contributed by atoms with Gasteiger partial charge in [0, 0.05) is 29.9 Å². The zero-order valence-electron chi connectivity index (χ0n) is 13.3. The first-order valence-corrected chi connectivity index (χ1v) is 7.92. The van der Waals surface area contributed by atoms with Crippen molar-refractivity contribution >= 4 is 23.1 Å². The maximum absolute atomic E-state index is 12.4. The summed E-state index contributed by atoms with van der Waals surface area (Å²) in [5, 5.41) is 3.76. The Morgan fingerprint density at radius 2 is 2.13 bits per heavy atom. The molecule has 0 spiro atoms. The van der Waals surface area contributed by atoms with Crippen molar-refractivity contribution in [3.63, 3.8) is 0 Å². The molecule has 0 saturated carbocycles. The number of carbonyl (C=O) groups is 1. The molecule has 5 nitrogen and oxygen atoms in total. The zero-order valence-corrected chi connectivity index (χ0v) is 14.1. The Morgan fingerprint density at radius 1 is 1.39 bits per heavy atom. The molecule has 23 heavy (non-hydrogen) atoms. The molecule has 1 aliphatic rings. The standard InChI is InChI=1S/C17H18ClN3O2/c1-17(2)12-6-4-5-7-13(12)21(3)14(17)8-11(22)9-15-19-16(10-18)23-20-15/h4-8H,9-10H2,1-3H3/b14-8-. The number of hydrogen-bond acceptors (Lipinski definition) is 5. The predicted molar refractivity (Wildman–Crippen MR) is 88.5 cm³/mol. The van der Waals surface area contributed by atoms with E-state index < -0.39 is 0 Å². The van der Waals surface area contributed by atoms with Gasteiger partial charge in [0.05, 0.1) is 6.42 Å². The average molecular weight is 332 g/mol. The van der Waals surface area contributed by atoms with Crippen LogP contribution >= 0.6 is 11.6 Å². The van der Waals surface area contributed by atoms with Gasteiger partial charge in [0.15, 0.2) is 11.6 Å². The highest BCUT2D eigenvalue weighted by Crippen LogP contribution is 2.46. The van der Waals surface area contributed by atoms with Gasteiger partial charge in [-0.05, 0) is 11.6 Å². The molecule has 0 radical (unpaired) electrons. The summed E-state index contributed by atoms with van der Waals surface area (Å²) in [5.41, 5.74) is 3.08. The van der Waals surface area contributed by atoms with E-state index in [0.717, 1.165) is 11.4 Å². The van der Waals surface area contributed by atoms with E-state index in [0.29, 0.717) is 11.7 Å². The highest BCUT2D eigenvalue weighted by Gasteiger charge is 2.38. The summed E-state index contributed by atoms with van der Waals surface area (Å²) in [4.78, 5) is 18.5. The molecule has 120 valence electrons. The number of fused-ring (bicyclic) bond motifs is 1. The summed E-state index contributed by atoms with van der Waals surface area (Å²) in [7, 11) is 1.98. The quantitative estimate of drug-likeness (QED) is 0.636. The molecule has 1 aliphatic heterocycles. The lowest BCUT2D eigenvalue weighted by atomic mass is 9.83. The van der Waals surface area contributed by atoms with E-state index in [-0.39, 0.29) is 23.5 Å². The van der Waals surface area contributed by atoms with E-state index in [1.807, 2.05) is 19.2 Å². The number of rotatable bonds is 4. The minimum absolute atomic E-state index is 0.0605. The minimum Gasteiger partial charge on any atom is -0.347 e. The second-order valence-corrected chi connectivity index (χ2v) is 6.38. The molecule has 3 rings (SSSR count). The SMILES string of the molecule is CN1/C(=C\C(=O)Cc2noc(CCl)n2)C(C)(C)c2ccccc21. The van der Waals surface area contributed by atoms with Crippen LogP contribution in [0.5, 0.6) is 0 Å². The second kappa shape index (κ2) is 5.81. The number of hydrogen-bond donors (Lipinski definition) is 0. The van der Waals surface area contributed by atoms with Crippen molar-refractivity contribution in [2.75, 3.05) is 11.9 Å². The second-order valence-electron chi connectivity index (χ2n) is 6.11. The van der Waals surface area contributed by atoms with Crippen molar-refractivity contribution in [3.8, 4) is 0 Å². The van der Waals surface area contributed by atoms with Crippen molar-refractivity contribution in [2.45, 2.75) is 31.6 Å². The lowest BCUT2D eigenvalue weighted by molar-refractivity contribution is -0.114. The van der Waals surface area contributed by atoms with Gasteiger partial charge in [0.25, 0.3) is 0 Å². The third kappa shape index (κ3) is 2.77. The number of benzene rings is 1. The molecule has 0 fully saturated rings. The summed E-state index contributed by atoms with van der Waals surface area (Å²) < 4.78 is 4.92. The van der Waals surface area contributed by atoms with Gasteiger partial charge in [0.1, 0.15) is 5.88 Å². The van der Waals surface area contributed by atoms with Gasteiger partial charge in [-0.2, -0.15) is 4.98 Å². The van der Waals surface area contributed by atoms with E-state index in [1.165, 1.54) is 5.56 Å². The van der Waals surface area contributed by atoms with Gasteiger partial charge >= 0.3 is 0 Å². The molecule has 2 heterocycles. The third-order valence-electron chi connectivity index (χ3n) is 4.19. The number of alkyl halides is 1. The Hall–Kier alpha value is -2.14. The van der Waals surface area contributed by atoms with Gasteiger partial charge in [-0.3, -0.25) is 4.79 Å². The smallest absolute Gasteiger partial charge is 0.241 e. The minimum atomic E-state index is -0.223. The van der Waals surface area contributed by atoms with Crippen molar-refractivity contribution < 1.29 is 9.32 Å². The summed E-state index contributed by atoms with van der Waals surface area (Å²) in [6.07, 6.45) is 1.78. The fourth-order valence-electron chi connectivity index (χ4n) is 3.03. The predicted octanol–water partition coefficient (Wildman–Crippen LogP) is 3.23. The van der Waals surface area contributed by atoms with Gasteiger partial charge in [-0.15, -0.1) is 11.6 Å². The number of ketones is 1. The van der Waals surface area contributed by atoms with E-state index in [4.69, 9.17) is 16.1 Å². The normalized spacial score (nSPS) is 17.6. The third-order valence-corrected chi connectivity index (χ3v) is 4.42. The lowest BCUT2D eigenvalue weighted by Gasteiger charge is -2.23. The molecule has 0 unspecified atom stereocenters. The number of nitrogens with zero attached hydrogens (tertiary/aromatic N) is 3. The molecule has 1 aromatic heterocycles. The number of anilines is 1. The van der Waals surface area contributed by atoms with E-state index in [2.05, 4.69) is 41.0 Å². The Kier molecular flexibility index (Phi) is 3.98. The van der Waals surface area contributed by atoms with Crippen molar-refractivity contribution in [2.24, 2.45) is 0 Å². The number of carbonyl (C=O) groups excluding carboxylic acids is 1. The van der Waals surface area contributed by atoms with Gasteiger partial charge in [-0.25, -0.2) is 0 Å². The van der Waals surface area contributed by atoms with Gasteiger partial charge < -0.3 is 9.42 Å². The van der Waals surface area contributed by atoms with Crippen molar-refractivity contribution in [1.82, 2.24) is 10.1 Å².